The highest BCUT2D eigenvalue weighted by Gasteiger charge is 2.16. The van der Waals surface area contributed by atoms with Crippen LogP contribution in [0.4, 0.5) is 5.95 Å². The molecule has 0 radical (unpaired) electrons. The van der Waals surface area contributed by atoms with Crippen molar-refractivity contribution >= 4 is 11.7 Å². The average molecular weight is 306 g/mol. The van der Waals surface area contributed by atoms with E-state index in [0.29, 0.717) is 17.1 Å². The lowest BCUT2D eigenvalue weighted by atomic mass is 10.1. The number of hydrogen-bond donors (Lipinski definition) is 0. The standard InChI is InChI=1S/C13H14N4O5/c1-21-11-4-3-9(12(6-11)22-2)5-10(18)7-16-8-14-13(15-16)17(19)20/h3-4,6,8H,5,7H2,1-2H3. The van der Waals surface area contributed by atoms with Gasteiger partial charge in [-0.25, -0.2) is 0 Å². The molecule has 0 bridgehead atoms. The van der Waals surface area contributed by atoms with Crippen LogP contribution in [0.5, 0.6) is 11.5 Å². The first-order valence-corrected chi connectivity index (χ1v) is 6.30. The molecule has 1 aromatic carbocycles. The summed E-state index contributed by atoms with van der Waals surface area (Å²) >= 11 is 0. The van der Waals surface area contributed by atoms with E-state index in [0.717, 1.165) is 11.0 Å². The van der Waals surface area contributed by atoms with E-state index in [1.54, 1.807) is 18.2 Å². The molecular weight excluding hydrogens is 292 g/mol. The number of nitrogens with zero attached hydrogens (tertiary/aromatic N) is 4. The third-order valence-electron chi connectivity index (χ3n) is 2.91. The maximum atomic E-state index is 12.0. The van der Waals surface area contributed by atoms with Gasteiger partial charge in [0.2, 0.25) is 6.33 Å². The molecule has 1 heterocycles. The van der Waals surface area contributed by atoms with Crippen LogP contribution in [0, 0.1) is 10.1 Å². The Labute approximate surface area is 125 Å². The van der Waals surface area contributed by atoms with Crippen molar-refractivity contribution in [1.29, 1.82) is 0 Å². The zero-order valence-corrected chi connectivity index (χ0v) is 12.1. The third kappa shape index (κ3) is 3.57. The average Bonchev–Trinajstić information content (AvgIpc) is 2.96. The first-order valence-electron chi connectivity index (χ1n) is 6.30. The van der Waals surface area contributed by atoms with E-state index in [1.807, 2.05) is 0 Å². The summed E-state index contributed by atoms with van der Waals surface area (Å²) in [6.45, 7) is -0.101. The largest absolute Gasteiger partial charge is 0.497 e. The van der Waals surface area contributed by atoms with Crippen LogP contribution in [-0.4, -0.2) is 39.7 Å². The number of carbonyl (C=O) groups excluding carboxylic acids is 1. The maximum absolute atomic E-state index is 12.0. The van der Waals surface area contributed by atoms with Crippen LogP contribution in [0.15, 0.2) is 24.5 Å². The highest BCUT2D eigenvalue weighted by molar-refractivity contribution is 5.81. The number of nitro groups is 1. The quantitative estimate of drug-likeness (QED) is 0.554. The van der Waals surface area contributed by atoms with Crippen LogP contribution >= 0.6 is 0 Å². The topological polar surface area (TPSA) is 109 Å². The number of rotatable bonds is 7. The molecule has 2 rings (SSSR count). The predicted molar refractivity (Wildman–Crippen MR) is 74.9 cm³/mol. The summed E-state index contributed by atoms with van der Waals surface area (Å²) in [5, 5.41) is 14.1. The number of methoxy groups -OCH3 is 2. The summed E-state index contributed by atoms with van der Waals surface area (Å²) < 4.78 is 11.4. The molecule has 0 aliphatic rings. The van der Waals surface area contributed by atoms with Crippen molar-refractivity contribution < 1.29 is 19.2 Å². The van der Waals surface area contributed by atoms with Gasteiger partial charge in [0.15, 0.2) is 5.78 Å². The maximum Gasteiger partial charge on any atom is 0.490 e. The van der Waals surface area contributed by atoms with Crippen molar-refractivity contribution in [2.24, 2.45) is 0 Å². The Morgan fingerprint density at radius 2 is 2.14 bits per heavy atom. The smallest absolute Gasteiger partial charge is 0.490 e. The number of ether oxygens (including phenoxy) is 2. The van der Waals surface area contributed by atoms with Gasteiger partial charge in [-0.2, -0.15) is 4.68 Å². The number of benzene rings is 1. The van der Waals surface area contributed by atoms with Crippen molar-refractivity contribution in [3.8, 4) is 11.5 Å². The zero-order chi connectivity index (χ0) is 16.1. The van der Waals surface area contributed by atoms with E-state index < -0.39 is 10.9 Å². The predicted octanol–water partition coefficient (Wildman–Crippen LogP) is 1.02. The van der Waals surface area contributed by atoms with Gasteiger partial charge in [-0.05, 0) is 11.0 Å². The molecule has 0 unspecified atom stereocenters. The van der Waals surface area contributed by atoms with Gasteiger partial charge in [0.1, 0.15) is 18.0 Å². The lowest BCUT2D eigenvalue weighted by Gasteiger charge is -2.09. The number of carbonyl (C=O) groups is 1. The van der Waals surface area contributed by atoms with Crippen LogP contribution < -0.4 is 9.47 Å². The first-order chi connectivity index (χ1) is 10.5. The number of Topliss-reactive ketones (excluding diaryl/α,β-unsaturated/α-hetero) is 1. The second-order valence-electron chi connectivity index (χ2n) is 4.39. The van der Waals surface area contributed by atoms with Crippen LogP contribution in [-0.2, 0) is 17.8 Å². The Balaban J connectivity index is 2.06. The molecule has 0 fully saturated rings. The fourth-order valence-corrected chi connectivity index (χ4v) is 1.89. The van der Waals surface area contributed by atoms with Crippen LogP contribution in [0.25, 0.3) is 0 Å². The Kier molecular flexibility index (Phi) is 4.66. The third-order valence-corrected chi connectivity index (χ3v) is 2.91. The van der Waals surface area contributed by atoms with E-state index in [2.05, 4.69) is 10.1 Å². The zero-order valence-electron chi connectivity index (χ0n) is 12.1. The van der Waals surface area contributed by atoms with E-state index in [-0.39, 0.29) is 18.7 Å². The van der Waals surface area contributed by atoms with Crippen molar-refractivity contribution in [2.45, 2.75) is 13.0 Å². The summed E-state index contributed by atoms with van der Waals surface area (Å²) in [5.41, 5.74) is 0.697. The Hall–Kier alpha value is -2.97. The van der Waals surface area contributed by atoms with E-state index in [1.165, 1.54) is 14.2 Å². The van der Waals surface area contributed by atoms with Crippen LogP contribution in [0.1, 0.15) is 5.56 Å². The van der Waals surface area contributed by atoms with Gasteiger partial charge in [0.05, 0.1) is 14.2 Å². The summed E-state index contributed by atoms with van der Waals surface area (Å²) in [6, 6.07) is 5.15. The molecule has 0 saturated carbocycles. The van der Waals surface area contributed by atoms with Crippen molar-refractivity contribution in [2.75, 3.05) is 14.2 Å². The molecule has 1 aromatic heterocycles. The van der Waals surface area contributed by atoms with Crippen LogP contribution in [0.2, 0.25) is 0 Å². The molecule has 0 aliphatic carbocycles. The summed E-state index contributed by atoms with van der Waals surface area (Å²) in [6.07, 6.45) is 1.27. The molecule has 9 heteroatoms. The van der Waals surface area contributed by atoms with Crippen molar-refractivity contribution in [3.05, 3.63) is 40.2 Å². The van der Waals surface area contributed by atoms with E-state index in [9.17, 15) is 14.9 Å². The summed E-state index contributed by atoms with van der Waals surface area (Å²) in [4.78, 5) is 25.3. The molecule has 0 amide bonds. The highest BCUT2D eigenvalue weighted by Crippen LogP contribution is 2.25. The highest BCUT2D eigenvalue weighted by atomic mass is 16.6. The second kappa shape index (κ2) is 6.66. The fourth-order valence-electron chi connectivity index (χ4n) is 1.89. The van der Waals surface area contributed by atoms with E-state index >= 15 is 0 Å². The van der Waals surface area contributed by atoms with Crippen LogP contribution in [0.3, 0.4) is 0 Å². The minimum absolute atomic E-state index is 0.101. The monoisotopic (exact) mass is 306 g/mol. The van der Waals surface area contributed by atoms with Gasteiger partial charge >= 0.3 is 5.95 Å². The molecule has 116 valence electrons. The SMILES string of the molecule is COc1ccc(CC(=O)Cn2cnc([N+](=O)[O-])n2)c(OC)c1. The molecule has 9 nitrogen and oxygen atoms in total. The van der Waals surface area contributed by atoms with Gasteiger partial charge in [0.25, 0.3) is 0 Å². The Bertz CT molecular complexity index is 697. The van der Waals surface area contributed by atoms with Gasteiger partial charge in [-0.15, -0.1) is 0 Å². The fraction of sp³-hybridized carbons (Fsp3) is 0.308. The van der Waals surface area contributed by atoms with Gasteiger partial charge in [-0.3, -0.25) is 4.79 Å². The lowest BCUT2D eigenvalue weighted by Crippen LogP contribution is -2.13. The van der Waals surface area contributed by atoms with Gasteiger partial charge < -0.3 is 19.6 Å². The Morgan fingerprint density at radius 3 is 2.73 bits per heavy atom. The molecule has 2 aromatic rings. The molecule has 0 N–H and O–H groups in total. The number of ketones is 1. The van der Waals surface area contributed by atoms with E-state index in [4.69, 9.17) is 9.47 Å². The van der Waals surface area contributed by atoms with Crippen molar-refractivity contribution in [1.82, 2.24) is 14.8 Å². The lowest BCUT2D eigenvalue weighted by molar-refractivity contribution is -0.394. The summed E-state index contributed by atoms with van der Waals surface area (Å²) in [5.74, 6) is 0.454. The Morgan fingerprint density at radius 1 is 1.36 bits per heavy atom. The molecular formula is C13H14N4O5. The van der Waals surface area contributed by atoms with Gasteiger partial charge in [0, 0.05) is 23.1 Å². The molecule has 22 heavy (non-hydrogen) atoms. The number of hydrogen-bond acceptors (Lipinski definition) is 7. The first kappa shape index (κ1) is 15.4. The second-order valence-corrected chi connectivity index (χ2v) is 4.39. The molecule has 0 saturated heterocycles. The minimum atomic E-state index is -0.715. The number of aromatic nitrogens is 3. The van der Waals surface area contributed by atoms with Gasteiger partial charge in [-0.1, -0.05) is 11.1 Å². The molecule has 0 aliphatic heterocycles. The van der Waals surface area contributed by atoms with Crippen molar-refractivity contribution in [3.63, 3.8) is 0 Å². The molecule has 0 atom stereocenters. The normalized spacial score (nSPS) is 10.3. The summed E-state index contributed by atoms with van der Waals surface area (Å²) in [7, 11) is 3.04. The minimum Gasteiger partial charge on any atom is -0.497 e. The molecule has 0 spiro atoms.